The van der Waals surface area contributed by atoms with Gasteiger partial charge in [-0.1, -0.05) is 72.3 Å². The lowest BCUT2D eigenvalue weighted by atomic mass is 9.76. The molecule has 0 aromatic heterocycles. The van der Waals surface area contributed by atoms with Crippen molar-refractivity contribution in [1.82, 2.24) is 5.06 Å². The minimum Gasteiger partial charge on any atom is -0.367 e. The number of carbonyl (C=O) groups is 2. The number of hydroxylamine groups is 3. The molecule has 0 unspecified atom stereocenters. The van der Waals surface area contributed by atoms with E-state index in [4.69, 9.17) is 21.3 Å². The third-order valence-electron chi connectivity index (χ3n) is 5.36. The van der Waals surface area contributed by atoms with Gasteiger partial charge in [0.2, 0.25) is 0 Å². The Morgan fingerprint density at radius 3 is 1.80 bits per heavy atom. The van der Waals surface area contributed by atoms with Crippen molar-refractivity contribution in [2.45, 2.75) is 19.4 Å². The van der Waals surface area contributed by atoms with Crippen LogP contribution in [0.2, 0.25) is 5.02 Å². The van der Waals surface area contributed by atoms with Gasteiger partial charge in [0.05, 0.1) is 9.95 Å². The predicted molar refractivity (Wildman–Crippen MR) is 131 cm³/mol. The van der Waals surface area contributed by atoms with Gasteiger partial charge in [0, 0.05) is 45.6 Å². The Kier molecular flexibility index (Phi) is 7.73. The van der Waals surface area contributed by atoms with Gasteiger partial charge in [0.25, 0.3) is 5.69 Å². The fourth-order valence-electron chi connectivity index (χ4n) is 4.07. The second kappa shape index (κ2) is 10.5. The number of carbonyl (C=O) groups excluding carboxylic acids is 2. The molecule has 0 aliphatic carbocycles. The van der Waals surface area contributed by atoms with Gasteiger partial charge in [0.15, 0.2) is 0 Å². The van der Waals surface area contributed by atoms with E-state index in [1.807, 2.05) is 12.1 Å². The second-order valence-corrected chi connectivity index (χ2v) is 8.06. The molecule has 0 radical (unpaired) electrons. The normalized spacial score (nSPS) is 11.1. The van der Waals surface area contributed by atoms with Crippen LogP contribution in [-0.4, -0.2) is 36.0 Å². The molecular weight excluding hydrogens is 474 g/mol. The zero-order valence-electron chi connectivity index (χ0n) is 19.6. The first-order valence-corrected chi connectivity index (χ1v) is 10.9. The summed E-state index contributed by atoms with van der Waals surface area (Å²) in [6.07, 6.45) is 0. The first kappa shape index (κ1) is 25.7. The van der Waals surface area contributed by atoms with Gasteiger partial charge in [-0.2, -0.15) is 0 Å². The summed E-state index contributed by atoms with van der Waals surface area (Å²) in [4.78, 5) is 45.8. The van der Waals surface area contributed by atoms with Crippen LogP contribution in [0, 0.1) is 10.1 Å². The van der Waals surface area contributed by atoms with E-state index in [0.717, 1.165) is 5.06 Å². The summed E-state index contributed by atoms with van der Waals surface area (Å²) in [5, 5.41) is 14.4. The van der Waals surface area contributed by atoms with Crippen molar-refractivity contribution >= 4 is 34.9 Å². The topological polar surface area (TPSA) is 102 Å². The minimum absolute atomic E-state index is 0.0612. The molecule has 3 rings (SSSR count). The first-order chi connectivity index (χ1) is 16.6. The number of non-ortho nitro benzene ring substituents is 1. The minimum atomic E-state index is -1.41. The molecule has 10 heteroatoms. The van der Waals surface area contributed by atoms with Gasteiger partial charge in [-0.05, 0) is 11.1 Å². The lowest BCUT2D eigenvalue weighted by Crippen LogP contribution is -2.47. The summed E-state index contributed by atoms with van der Waals surface area (Å²) < 4.78 is 0. The van der Waals surface area contributed by atoms with Gasteiger partial charge < -0.3 is 9.68 Å². The Labute approximate surface area is 207 Å². The Balaban J connectivity index is 2.50. The number of rotatable bonds is 8. The van der Waals surface area contributed by atoms with Crippen LogP contribution in [0.5, 0.6) is 0 Å². The number of hydrogen-bond donors (Lipinski definition) is 0. The van der Waals surface area contributed by atoms with Crippen molar-refractivity contribution in [3.8, 4) is 0 Å². The molecule has 0 saturated carbocycles. The molecule has 9 nitrogen and oxygen atoms in total. The fraction of sp³-hybridized carbons (Fsp3) is 0.200. The van der Waals surface area contributed by atoms with Crippen molar-refractivity contribution in [3.05, 3.63) is 105 Å². The average Bonchev–Trinajstić information content (AvgIpc) is 2.81. The van der Waals surface area contributed by atoms with Gasteiger partial charge in [-0.25, -0.2) is 5.06 Å². The fourth-order valence-corrected chi connectivity index (χ4v) is 4.43. The van der Waals surface area contributed by atoms with Crippen LogP contribution in [0.4, 0.5) is 11.4 Å². The third kappa shape index (κ3) is 5.11. The molecule has 3 aromatic rings. The molecule has 0 bridgehead atoms. The van der Waals surface area contributed by atoms with Gasteiger partial charge >= 0.3 is 11.9 Å². The Hall–Kier alpha value is -3.95. The molecule has 0 N–H and O–H groups in total. The number of hydrogen-bond acceptors (Lipinski definition) is 8. The summed E-state index contributed by atoms with van der Waals surface area (Å²) >= 11 is 6.91. The van der Waals surface area contributed by atoms with E-state index >= 15 is 0 Å². The zero-order valence-corrected chi connectivity index (χ0v) is 20.4. The summed E-state index contributed by atoms with van der Waals surface area (Å²) in [6, 6.07) is 20.6. The molecule has 0 spiro atoms. The van der Waals surface area contributed by atoms with Crippen molar-refractivity contribution in [2.24, 2.45) is 0 Å². The third-order valence-corrected chi connectivity index (χ3v) is 5.76. The maximum atomic E-state index is 12.1. The molecular formula is C25H24ClN3O6. The van der Waals surface area contributed by atoms with E-state index < -0.39 is 22.4 Å². The molecule has 0 fully saturated rings. The van der Waals surface area contributed by atoms with Crippen LogP contribution in [0.1, 0.15) is 30.5 Å². The van der Waals surface area contributed by atoms with Gasteiger partial charge in [-0.15, -0.1) is 5.06 Å². The molecule has 0 saturated heterocycles. The maximum Gasteiger partial charge on any atom is 0.329 e. The SMILES string of the molecule is CC(=O)ON(C)c1cc([N+](=O)[O-])cc(C(c2ccccc2)(c2ccccc2)N(C)OC(C)=O)c1Cl. The standard InChI is InChI=1S/C25H24ClN3O6/c1-17(30)34-27(3)23-16-21(29(32)33)15-22(24(23)26)25(28(4)35-18(2)31,19-11-7-5-8-12-19)20-13-9-6-10-14-20/h5-16H,1-4H3. The number of nitrogens with zero attached hydrogens (tertiary/aromatic N) is 3. The van der Waals surface area contributed by atoms with Crippen molar-refractivity contribution < 1.29 is 24.2 Å². The van der Waals surface area contributed by atoms with Gasteiger partial charge in [-0.3, -0.25) is 19.7 Å². The van der Waals surface area contributed by atoms with Crippen molar-refractivity contribution in [3.63, 3.8) is 0 Å². The van der Waals surface area contributed by atoms with Gasteiger partial charge in [0.1, 0.15) is 11.2 Å². The molecule has 0 amide bonds. The van der Waals surface area contributed by atoms with E-state index in [9.17, 15) is 19.7 Å². The van der Waals surface area contributed by atoms with Crippen LogP contribution in [0.3, 0.4) is 0 Å². The molecule has 182 valence electrons. The van der Waals surface area contributed by atoms with E-state index in [2.05, 4.69) is 0 Å². The maximum absolute atomic E-state index is 12.1. The monoisotopic (exact) mass is 497 g/mol. The van der Waals surface area contributed by atoms with E-state index in [-0.39, 0.29) is 22.0 Å². The van der Waals surface area contributed by atoms with E-state index in [1.54, 1.807) is 55.6 Å². The molecule has 0 aliphatic heterocycles. The van der Waals surface area contributed by atoms with Crippen LogP contribution in [-0.2, 0) is 24.8 Å². The highest BCUT2D eigenvalue weighted by atomic mass is 35.5. The summed E-state index contributed by atoms with van der Waals surface area (Å²) in [5.41, 5.74) is -0.145. The van der Waals surface area contributed by atoms with Crippen molar-refractivity contribution in [2.75, 3.05) is 19.2 Å². The molecule has 0 atom stereocenters. The summed E-state index contributed by atoms with van der Waals surface area (Å²) in [5.74, 6) is -1.23. The molecule has 0 heterocycles. The highest BCUT2D eigenvalue weighted by Gasteiger charge is 2.46. The van der Waals surface area contributed by atoms with Crippen LogP contribution in [0.25, 0.3) is 0 Å². The highest BCUT2D eigenvalue weighted by molar-refractivity contribution is 6.34. The number of anilines is 1. The lowest BCUT2D eigenvalue weighted by Gasteiger charge is -2.42. The molecule has 35 heavy (non-hydrogen) atoms. The molecule has 0 aliphatic rings. The largest absolute Gasteiger partial charge is 0.367 e. The first-order valence-electron chi connectivity index (χ1n) is 10.5. The van der Waals surface area contributed by atoms with E-state index in [0.29, 0.717) is 11.1 Å². The van der Waals surface area contributed by atoms with E-state index in [1.165, 1.54) is 38.1 Å². The summed E-state index contributed by atoms with van der Waals surface area (Å²) in [7, 11) is 2.96. The number of nitro groups is 1. The van der Waals surface area contributed by atoms with Crippen LogP contribution >= 0.6 is 11.6 Å². The van der Waals surface area contributed by atoms with Crippen LogP contribution in [0.15, 0.2) is 72.8 Å². The summed E-state index contributed by atoms with van der Waals surface area (Å²) in [6.45, 7) is 2.46. The Morgan fingerprint density at radius 2 is 1.37 bits per heavy atom. The zero-order chi connectivity index (χ0) is 25.8. The van der Waals surface area contributed by atoms with Crippen molar-refractivity contribution in [1.29, 1.82) is 0 Å². The highest BCUT2D eigenvalue weighted by Crippen LogP contribution is 2.48. The number of benzene rings is 3. The smallest absolute Gasteiger partial charge is 0.329 e. The predicted octanol–water partition coefficient (Wildman–Crippen LogP) is 4.86. The second-order valence-electron chi connectivity index (χ2n) is 7.69. The number of nitro benzene ring substituents is 1. The van der Waals surface area contributed by atoms with Crippen LogP contribution < -0.4 is 5.06 Å². The Bertz CT molecular complexity index is 1200. The average molecular weight is 498 g/mol. The lowest BCUT2D eigenvalue weighted by molar-refractivity contribution is -0.384. The molecule has 3 aromatic carbocycles. The quantitative estimate of drug-likeness (QED) is 0.247. The Morgan fingerprint density at radius 1 is 0.886 bits per heavy atom. The number of halogens is 1.